The van der Waals surface area contributed by atoms with Crippen molar-refractivity contribution in [1.29, 1.82) is 0 Å². The minimum absolute atomic E-state index is 0.0145. The molecular formula is C18H24F2N2O3S. The van der Waals surface area contributed by atoms with Crippen LogP contribution >= 0.6 is 0 Å². The minimum Gasteiger partial charge on any atom is -0.388 e. The number of hydrogen-bond acceptors (Lipinski definition) is 4. The summed E-state index contributed by atoms with van der Waals surface area (Å²) in [6.45, 7) is 8.63. The van der Waals surface area contributed by atoms with Crippen LogP contribution < -0.4 is 4.72 Å². The van der Waals surface area contributed by atoms with Gasteiger partial charge < -0.3 is 9.63 Å². The van der Waals surface area contributed by atoms with Crippen molar-refractivity contribution in [2.45, 2.75) is 57.4 Å². The van der Waals surface area contributed by atoms with E-state index >= 15 is 0 Å². The van der Waals surface area contributed by atoms with E-state index in [1.165, 1.54) is 12.3 Å². The maximum Gasteiger partial charge on any atom is 0.131 e. The van der Waals surface area contributed by atoms with E-state index in [-0.39, 0.29) is 12.0 Å². The van der Waals surface area contributed by atoms with Gasteiger partial charge in [-0.15, -0.1) is 0 Å². The summed E-state index contributed by atoms with van der Waals surface area (Å²) in [4.78, 5) is 0. The van der Waals surface area contributed by atoms with Crippen LogP contribution in [0.2, 0.25) is 0 Å². The molecule has 8 heteroatoms. The number of hydrogen-bond donors (Lipinski definition) is 2. The topological polar surface area (TPSA) is 75.4 Å². The molecule has 0 amide bonds. The number of aryl methyl sites for hydroxylation is 1. The van der Waals surface area contributed by atoms with Gasteiger partial charge in [0.1, 0.15) is 17.9 Å². The summed E-state index contributed by atoms with van der Waals surface area (Å²) in [6, 6.07) is 3.20. The van der Waals surface area contributed by atoms with Gasteiger partial charge in [0, 0.05) is 23.6 Å². The smallest absolute Gasteiger partial charge is 0.131 e. The average molecular weight is 386 g/mol. The fourth-order valence-electron chi connectivity index (χ4n) is 2.62. The average Bonchev–Trinajstić information content (AvgIpc) is 2.92. The van der Waals surface area contributed by atoms with Crippen LogP contribution in [0.25, 0.3) is 0 Å². The van der Waals surface area contributed by atoms with Gasteiger partial charge in [0.15, 0.2) is 0 Å². The molecule has 0 unspecified atom stereocenters. The summed E-state index contributed by atoms with van der Waals surface area (Å²) in [5.74, 6) is -1.49. The molecule has 5 nitrogen and oxygen atoms in total. The first kappa shape index (κ1) is 20.7. The van der Waals surface area contributed by atoms with Gasteiger partial charge in [-0.1, -0.05) is 11.2 Å². The first-order valence-electron chi connectivity index (χ1n) is 8.18. The fourth-order valence-corrected chi connectivity index (χ4v) is 3.53. The molecule has 0 fully saturated rings. The van der Waals surface area contributed by atoms with Gasteiger partial charge in [-0.05, 0) is 40.7 Å². The molecule has 0 aliphatic rings. The highest BCUT2D eigenvalue weighted by Gasteiger charge is 2.37. The Hall–Kier alpha value is -1.64. The second kappa shape index (κ2) is 7.54. The van der Waals surface area contributed by atoms with Gasteiger partial charge in [-0.3, -0.25) is 0 Å². The maximum atomic E-state index is 14.5. The van der Waals surface area contributed by atoms with Crippen molar-refractivity contribution < 1.29 is 22.6 Å². The van der Waals surface area contributed by atoms with E-state index in [0.29, 0.717) is 11.3 Å². The van der Waals surface area contributed by atoms with Crippen LogP contribution in [-0.4, -0.2) is 19.2 Å². The van der Waals surface area contributed by atoms with Crippen LogP contribution in [0.5, 0.6) is 0 Å². The standard InChI is InChI=1S/C18H24F2N2O3S/c1-11-13(10-25-21-11)16(23)9-18(5,22-26(24)17(2,3)4)14-7-6-12(19)8-15(14)20/h6-8,10,16,22-23H,9H2,1-5H3/t16-,18+,26+/m1/s1. The van der Waals surface area contributed by atoms with Crippen LogP contribution in [0, 0.1) is 18.6 Å². The largest absolute Gasteiger partial charge is 0.388 e. The molecule has 26 heavy (non-hydrogen) atoms. The molecule has 1 aromatic heterocycles. The molecule has 0 bridgehead atoms. The Bertz CT molecular complexity index is 804. The van der Waals surface area contributed by atoms with Crippen LogP contribution in [-0.2, 0) is 16.5 Å². The first-order chi connectivity index (χ1) is 11.9. The van der Waals surface area contributed by atoms with E-state index in [1.54, 1.807) is 34.6 Å². The summed E-state index contributed by atoms with van der Waals surface area (Å²) in [6.07, 6.45) is 0.266. The summed E-state index contributed by atoms with van der Waals surface area (Å²) >= 11 is 0. The zero-order valence-corrected chi connectivity index (χ0v) is 16.3. The molecule has 1 aromatic carbocycles. The Morgan fingerprint density at radius 1 is 1.31 bits per heavy atom. The van der Waals surface area contributed by atoms with Crippen LogP contribution in [0.4, 0.5) is 8.78 Å². The molecule has 2 aromatic rings. The van der Waals surface area contributed by atoms with Gasteiger partial charge in [-0.25, -0.2) is 17.7 Å². The Balaban J connectivity index is 2.44. The molecule has 0 saturated carbocycles. The molecule has 2 N–H and O–H groups in total. The van der Waals surface area contributed by atoms with Crippen molar-refractivity contribution in [3.63, 3.8) is 0 Å². The van der Waals surface area contributed by atoms with Gasteiger partial charge in [-0.2, -0.15) is 0 Å². The van der Waals surface area contributed by atoms with Crippen LogP contribution in [0.3, 0.4) is 0 Å². The van der Waals surface area contributed by atoms with E-state index in [2.05, 4.69) is 9.88 Å². The van der Waals surface area contributed by atoms with Crippen molar-refractivity contribution in [2.24, 2.45) is 0 Å². The van der Waals surface area contributed by atoms with Gasteiger partial charge >= 0.3 is 0 Å². The zero-order chi connectivity index (χ0) is 19.7. The third-order valence-electron chi connectivity index (χ3n) is 4.15. The van der Waals surface area contributed by atoms with Gasteiger partial charge in [0.25, 0.3) is 0 Å². The van der Waals surface area contributed by atoms with Crippen molar-refractivity contribution in [3.05, 3.63) is 52.9 Å². The number of aromatic nitrogens is 1. The number of benzene rings is 1. The lowest BCUT2D eigenvalue weighted by molar-refractivity contribution is 0.130. The Kier molecular flexibility index (Phi) is 5.99. The van der Waals surface area contributed by atoms with Crippen molar-refractivity contribution in [3.8, 4) is 0 Å². The van der Waals surface area contributed by atoms with Crippen LogP contribution in [0.1, 0.15) is 57.0 Å². The Morgan fingerprint density at radius 3 is 2.46 bits per heavy atom. The lowest BCUT2D eigenvalue weighted by Gasteiger charge is -2.35. The lowest BCUT2D eigenvalue weighted by Crippen LogP contribution is -2.47. The highest BCUT2D eigenvalue weighted by Crippen LogP contribution is 2.35. The quantitative estimate of drug-likeness (QED) is 0.795. The molecule has 0 radical (unpaired) electrons. The molecule has 0 spiro atoms. The molecule has 2 rings (SSSR count). The van der Waals surface area contributed by atoms with Crippen LogP contribution in [0.15, 0.2) is 29.0 Å². The number of aliphatic hydroxyl groups excluding tert-OH is 1. The number of rotatable bonds is 6. The summed E-state index contributed by atoms with van der Waals surface area (Å²) in [7, 11) is -1.55. The lowest BCUT2D eigenvalue weighted by atomic mass is 9.85. The number of nitrogens with one attached hydrogen (secondary N) is 1. The molecule has 3 atom stereocenters. The van der Waals surface area contributed by atoms with E-state index < -0.39 is 39.0 Å². The highest BCUT2D eigenvalue weighted by molar-refractivity contribution is 7.84. The first-order valence-corrected chi connectivity index (χ1v) is 9.33. The molecule has 144 valence electrons. The van der Waals surface area contributed by atoms with E-state index in [9.17, 15) is 18.1 Å². The molecule has 0 saturated heterocycles. The minimum atomic E-state index is -1.55. The number of aliphatic hydroxyl groups is 1. The summed E-state index contributed by atoms with van der Waals surface area (Å²) in [5.41, 5.74) is -0.137. The number of nitrogens with zero attached hydrogens (tertiary/aromatic N) is 1. The van der Waals surface area contributed by atoms with E-state index in [0.717, 1.165) is 12.1 Å². The van der Waals surface area contributed by atoms with Crippen molar-refractivity contribution >= 4 is 11.0 Å². The zero-order valence-electron chi connectivity index (χ0n) is 15.5. The fraction of sp³-hybridized carbons (Fsp3) is 0.500. The third kappa shape index (κ3) is 4.55. The molecule has 0 aliphatic heterocycles. The van der Waals surface area contributed by atoms with E-state index in [4.69, 9.17) is 4.52 Å². The second-order valence-electron chi connectivity index (χ2n) is 7.51. The maximum absolute atomic E-state index is 14.5. The third-order valence-corrected chi connectivity index (χ3v) is 5.90. The SMILES string of the molecule is Cc1nocc1[C@H](O)C[C@](C)(N[S@@](=O)C(C)(C)C)c1ccc(F)cc1F. The number of halogens is 2. The second-order valence-corrected chi connectivity index (χ2v) is 9.48. The molecular weight excluding hydrogens is 362 g/mol. The molecule has 1 heterocycles. The van der Waals surface area contributed by atoms with Crippen molar-refractivity contribution in [2.75, 3.05) is 0 Å². The van der Waals surface area contributed by atoms with Gasteiger partial charge in [0.2, 0.25) is 0 Å². The Morgan fingerprint density at radius 2 is 1.96 bits per heavy atom. The summed E-state index contributed by atoms with van der Waals surface area (Å²) < 4.78 is 47.6. The van der Waals surface area contributed by atoms with Crippen molar-refractivity contribution in [1.82, 2.24) is 9.88 Å². The predicted molar refractivity (Wildman–Crippen MR) is 95.6 cm³/mol. The highest BCUT2D eigenvalue weighted by atomic mass is 32.2. The monoisotopic (exact) mass is 386 g/mol. The predicted octanol–water partition coefficient (Wildman–Crippen LogP) is 3.65. The van der Waals surface area contributed by atoms with Gasteiger partial charge in [0.05, 0.1) is 33.1 Å². The summed E-state index contributed by atoms with van der Waals surface area (Å²) in [5, 5.41) is 14.3. The Labute approximate surface area is 154 Å². The normalized spacial score (nSPS) is 16.9. The molecule has 0 aliphatic carbocycles. The van der Waals surface area contributed by atoms with E-state index in [1.807, 2.05) is 0 Å².